The molecule has 0 aromatic rings. The third-order valence-corrected chi connectivity index (χ3v) is 2.66. The molecule has 0 aromatic heterocycles. The summed E-state index contributed by atoms with van der Waals surface area (Å²) in [5.41, 5.74) is 0.727. The first kappa shape index (κ1) is 5.69. The molecular weight excluding hydrogens is 112 g/mol. The van der Waals surface area contributed by atoms with Crippen molar-refractivity contribution in [1.29, 1.82) is 0 Å². The molecule has 0 amide bonds. The lowest BCUT2D eigenvalue weighted by Crippen LogP contribution is -2.57. The fourth-order valence-corrected chi connectivity index (χ4v) is 1.79. The first-order valence-corrected chi connectivity index (χ1v) is 3.83. The lowest BCUT2D eigenvalue weighted by molar-refractivity contribution is 0.116. The van der Waals surface area contributed by atoms with Gasteiger partial charge in [-0.25, -0.2) is 0 Å². The minimum absolute atomic E-state index is 0.727. The van der Waals surface area contributed by atoms with Crippen LogP contribution in [0.2, 0.25) is 0 Å². The molecule has 2 N–H and O–H groups in total. The minimum atomic E-state index is 0.727. The van der Waals surface area contributed by atoms with Crippen LogP contribution >= 0.6 is 0 Å². The maximum Gasteiger partial charge on any atom is 0.00212 e. The summed E-state index contributed by atoms with van der Waals surface area (Å²) in [6, 6.07) is 0. The summed E-state index contributed by atoms with van der Waals surface area (Å²) in [6.45, 7) is 5.02. The Morgan fingerprint density at radius 2 is 1.56 bits per heavy atom. The van der Waals surface area contributed by atoms with Crippen LogP contribution in [0.1, 0.15) is 12.8 Å². The summed E-state index contributed by atoms with van der Waals surface area (Å²) in [5.74, 6) is 0. The van der Waals surface area contributed by atoms with Crippen molar-refractivity contribution in [2.45, 2.75) is 12.8 Å². The van der Waals surface area contributed by atoms with Crippen molar-refractivity contribution in [3.63, 3.8) is 0 Å². The number of rotatable bonds is 0. The predicted molar refractivity (Wildman–Crippen MR) is 37.4 cm³/mol. The van der Waals surface area contributed by atoms with Crippen LogP contribution < -0.4 is 10.6 Å². The molecule has 2 saturated heterocycles. The molecule has 2 fully saturated rings. The summed E-state index contributed by atoms with van der Waals surface area (Å²) in [5, 5.41) is 6.72. The van der Waals surface area contributed by atoms with E-state index in [1.165, 1.54) is 39.0 Å². The van der Waals surface area contributed by atoms with Gasteiger partial charge in [0.1, 0.15) is 0 Å². The van der Waals surface area contributed by atoms with E-state index in [2.05, 4.69) is 10.6 Å². The predicted octanol–water partition coefficient (Wildman–Crippen LogP) is -0.0406. The van der Waals surface area contributed by atoms with E-state index < -0.39 is 0 Å². The molecule has 1 spiro atoms. The van der Waals surface area contributed by atoms with Crippen molar-refractivity contribution < 1.29 is 0 Å². The van der Waals surface area contributed by atoms with Gasteiger partial charge in [0.15, 0.2) is 0 Å². The zero-order valence-corrected chi connectivity index (χ0v) is 5.74. The molecule has 0 radical (unpaired) electrons. The molecule has 0 saturated carbocycles. The highest BCUT2D eigenvalue weighted by atomic mass is 15.0. The van der Waals surface area contributed by atoms with Crippen LogP contribution in [-0.4, -0.2) is 26.2 Å². The van der Waals surface area contributed by atoms with Crippen molar-refractivity contribution in [1.82, 2.24) is 10.6 Å². The molecule has 0 aromatic carbocycles. The topological polar surface area (TPSA) is 24.1 Å². The van der Waals surface area contributed by atoms with Crippen LogP contribution in [0.4, 0.5) is 0 Å². The summed E-state index contributed by atoms with van der Waals surface area (Å²) >= 11 is 0. The van der Waals surface area contributed by atoms with E-state index in [-0.39, 0.29) is 0 Å². The van der Waals surface area contributed by atoms with Gasteiger partial charge in [0.05, 0.1) is 0 Å². The van der Waals surface area contributed by atoms with Crippen LogP contribution in [0.15, 0.2) is 0 Å². The minimum Gasteiger partial charge on any atom is -0.317 e. The number of hydrogen-bond donors (Lipinski definition) is 2. The van der Waals surface area contributed by atoms with Gasteiger partial charge in [-0.15, -0.1) is 0 Å². The van der Waals surface area contributed by atoms with Gasteiger partial charge in [-0.1, -0.05) is 0 Å². The Balaban J connectivity index is 1.93. The van der Waals surface area contributed by atoms with Crippen molar-refractivity contribution in [2.75, 3.05) is 26.2 Å². The van der Waals surface area contributed by atoms with E-state index >= 15 is 0 Å². The Morgan fingerprint density at radius 1 is 0.889 bits per heavy atom. The van der Waals surface area contributed by atoms with Gasteiger partial charge in [0.2, 0.25) is 0 Å². The third kappa shape index (κ3) is 0.864. The molecule has 2 aliphatic rings. The average molecular weight is 126 g/mol. The summed E-state index contributed by atoms with van der Waals surface area (Å²) in [7, 11) is 0. The first-order chi connectivity index (χ1) is 4.41. The first-order valence-electron chi connectivity index (χ1n) is 3.83. The molecule has 2 nitrogen and oxygen atoms in total. The maximum atomic E-state index is 3.38. The molecule has 0 unspecified atom stereocenters. The molecule has 52 valence electrons. The zero-order chi connectivity index (χ0) is 6.16. The van der Waals surface area contributed by atoms with E-state index in [0.717, 1.165) is 5.41 Å². The van der Waals surface area contributed by atoms with E-state index in [9.17, 15) is 0 Å². The van der Waals surface area contributed by atoms with Crippen molar-refractivity contribution >= 4 is 0 Å². The van der Waals surface area contributed by atoms with Gasteiger partial charge in [-0.05, 0) is 31.3 Å². The van der Waals surface area contributed by atoms with Crippen molar-refractivity contribution in [3.8, 4) is 0 Å². The van der Waals surface area contributed by atoms with E-state index in [4.69, 9.17) is 0 Å². The van der Waals surface area contributed by atoms with Gasteiger partial charge in [-0.2, -0.15) is 0 Å². The molecule has 0 bridgehead atoms. The second-order valence-corrected chi connectivity index (χ2v) is 3.35. The van der Waals surface area contributed by atoms with Crippen LogP contribution in [0.25, 0.3) is 0 Å². The number of piperidine rings is 1. The van der Waals surface area contributed by atoms with Crippen molar-refractivity contribution in [2.24, 2.45) is 5.41 Å². The second kappa shape index (κ2) is 1.96. The van der Waals surface area contributed by atoms with E-state index in [1.54, 1.807) is 0 Å². The van der Waals surface area contributed by atoms with Crippen LogP contribution in [0.3, 0.4) is 0 Å². The molecule has 2 heteroatoms. The Hall–Kier alpha value is -0.0800. The monoisotopic (exact) mass is 126 g/mol. The lowest BCUT2D eigenvalue weighted by Gasteiger charge is -2.45. The van der Waals surface area contributed by atoms with E-state index in [0.29, 0.717) is 0 Å². The van der Waals surface area contributed by atoms with E-state index in [1.807, 2.05) is 0 Å². The molecule has 0 atom stereocenters. The quantitative estimate of drug-likeness (QED) is 0.476. The van der Waals surface area contributed by atoms with Gasteiger partial charge in [-0.3, -0.25) is 0 Å². The SMILES string of the molecule is C1CC2(CCN1)CNC2. The second-order valence-electron chi connectivity index (χ2n) is 3.35. The fourth-order valence-electron chi connectivity index (χ4n) is 1.79. The van der Waals surface area contributed by atoms with Crippen LogP contribution in [-0.2, 0) is 0 Å². The Morgan fingerprint density at radius 3 is 1.89 bits per heavy atom. The maximum absolute atomic E-state index is 3.38. The van der Waals surface area contributed by atoms with Gasteiger partial charge >= 0.3 is 0 Å². The third-order valence-electron chi connectivity index (χ3n) is 2.66. The van der Waals surface area contributed by atoms with Crippen LogP contribution in [0, 0.1) is 5.41 Å². The molecule has 2 aliphatic heterocycles. The summed E-state index contributed by atoms with van der Waals surface area (Å²) < 4.78 is 0. The molecular formula is C7H14N2. The molecule has 2 heterocycles. The normalized spacial score (nSPS) is 32.0. The summed E-state index contributed by atoms with van der Waals surface area (Å²) in [6.07, 6.45) is 2.78. The Bertz CT molecular complexity index is 99.5. The zero-order valence-electron chi connectivity index (χ0n) is 5.74. The van der Waals surface area contributed by atoms with Gasteiger partial charge in [0.25, 0.3) is 0 Å². The average Bonchev–Trinajstić information content (AvgIpc) is 1.87. The Kier molecular flexibility index (Phi) is 1.24. The highest BCUT2D eigenvalue weighted by molar-refractivity contribution is 4.94. The molecule has 9 heavy (non-hydrogen) atoms. The summed E-state index contributed by atoms with van der Waals surface area (Å²) in [4.78, 5) is 0. The molecule has 2 rings (SSSR count). The smallest absolute Gasteiger partial charge is 0.00212 e. The van der Waals surface area contributed by atoms with Gasteiger partial charge < -0.3 is 10.6 Å². The lowest BCUT2D eigenvalue weighted by atomic mass is 9.74. The highest BCUT2D eigenvalue weighted by Gasteiger charge is 2.37. The Labute approximate surface area is 56.0 Å². The molecule has 0 aliphatic carbocycles. The largest absolute Gasteiger partial charge is 0.317 e. The number of nitrogens with one attached hydrogen (secondary N) is 2. The standard InChI is InChI=1S/C7H14N2/c1-3-8-4-2-7(1)5-9-6-7/h8-9H,1-6H2. The number of hydrogen-bond acceptors (Lipinski definition) is 2. The van der Waals surface area contributed by atoms with Crippen molar-refractivity contribution in [3.05, 3.63) is 0 Å². The van der Waals surface area contributed by atoms with Gasteiger partial charge in [0, 0.05) is 13.1 Å². The fraction of sp³-hybridized carbons (Fsp3) is 1.00. The van der Waals surface area contributed by atoms with Crippen LogP contribution in [0.5, 0.6) is 0 Å². The highest BCUT2D eigenvalue weighted by Crippen LogP contribution is 2.31.